The fourth-order valence-corrected chi connectivity index (χ4v) is 2.92. The molecule has 0 bridgehead atoms. The molecule has 1 fully saturated rings. The van der Waals surface area contributed by atoms with Crippen LogP contribution in [0.4, 0.5) is 5.69 Å². The highest BCUT2D eigenvalue weighted by Gasteiger charge is 2.21. The number of nitrogens with zero attached hydrogens (tertiary/aromatic N) is 3. The Bertz CT molecular complexity index is 594. The van der Waals surface area contributed by atoms with Crippen LogP contribution in [0, 0.1) is 6.92 Å². The number of piperidine rings is 1. The molecule has 0 radical (unpaired) electrons. The van der Waals surface area contributed by atoms with Gasteiger partial charge in [-0.1, -0.05) is 23.8 Å². The van der Waals surface area contributed by atoms with Gasteiger partial charge in [0, 0.05) is 31.7 Å². The molecule has 2 heterocycles. The summed E-state index contributed by atoms with van der Waals surface area (Å²) in [4.78, 5) is 2.41. The molecule has 2 aromatic rings. The van der Waals surface area contributed by atoms with Gasteiger partial charge in [-0.25, -0.2) is 0 Å². The van der Waals surface area contributed by atoms with Crippen LogP contribution in [0.3, 0.4) is 0 Å². The third kappa shape index (κ3) is 2.43. The van der Waals surface area contributed by atoms with Gasteiger partial charge < -0.3 is 10.6 Å². The molecule has 20 heavy (non-hydrogen) atoms. The summed E-state index contributed by atoms with van der Waals surface area (Å²) >= 11 is 0. The van der Waals surface area contributed by atoms with Crippen molar-refractivity contribution < 1.29 is 0 Å². The first-order chi connectivity index (χ1) is 9.65. The zero-order chi connectivity index (χ0) is 14.1. The first-order valence-corrected chi connectivity index (χ1v) is 7.24. The van der Waals surface area contributed by atoms with Gasteiger partial charge in [0.2, 0.25) is 0 Å². The van der Waals surface area contributed by atoms with Crippen LogP contribution < -0.4 is 10.6 Å². The maximum absolute atomic E-state index is 6.00. The Kier molecular flexibility index (Phi) is 3.49. The Morgan fingerprint density at radius 3 is 2.70 bits per heavy atom. The molecule has 106 valence electrons. The maximum Gasteiger partial charge on any atom is 0.0912 e. The minimum atomic E-state index is 0.352. The zero-order valence-electron chi connectivity index (χ0n) is 12.2. The third-order valence-electron chi connectivity index (χ3n) is 4.09. The van der Waals surface area contributed by atoms with E-state index < -0.39 is 0 Å². The Morgan fingerprint density at radius 2 is 2.00 bits per heavy atom. The first kappa shape index (κ1) is 13.2. The van der Waals surface area contributed by atoms with Gasteiger partial charge in [-0.2, -0.15) is 5.10 Å². The highest BCUT2D eigenvalue weighted by Crippen LogP contribution is 2.32. The largest absolute Gasteiger partial charge is 0.368 e. The molecule has 4 nitrogen and oxygen atoms in total. The van der Waals surface area contributed by atoms with Crippen molar-refractivity contribution in [2.75, 3.05) is 18.0 Å². The summed E-state index contributed by atoms with van der Waals surface area (Å²) in [5.74, 6) is 0. The number of nitrogens with two attached hydrogens (primary N) is 1. The maximum atomic E-state index is 6.00. The summed E-state index contributed by atoms with van der Waals surface area (Å²) in [5.41, 5.74) is 10.9. The molecular formula is C16H22N4. The smallest absolute Gasteiger partial charge is 0.0912 e. The van der Waals surface area contributed by atoms with E-state index in [4.69, 9.17) is 5.73 Å². The number of aryl methyl sites for hydroxylation is 2. The second kappa shape index (κ2) is 5.29. The number of aromatic nitrogens is 2. The number of anilines is 1. The fourth-order valence-electron chi connectivity index (χ4n) is 2.92. The summed E-state index contributed by atoms with van der Waals surface area (Å²) in [6.07, 6.45) is 4.10. The van der Waals surface area contributed by atoms with E-state index in [1.165, 1.54) is 22.5 Å². The van der Waals surface area contributed by atoms with Crippen LogP contribution >= 0.6 is 0 Å². The first-order valence-electron chi connectivity index (χ1n) is 7.24. The predicted molar refractivity (Wildman–Crippen MR) is 82.8 cm³/mol. The van der Waals surface area contributed by atoms with Crippen LogP contribution in [0.25, 0.3) is 11.3 Å². The Hall–Kier alpha value is -1.81. The molecule has 0 unspecified atom stereocenters. The Morgan fingerprint density at radius 1 is 1.25 bits per heavy atom. The van der Waals surface area contributed by atoms with Crippen molar-refractivity contribution in [1.82, 2.24) is 9.78 Å². The van der Waals surface area contributed by atoms with Crippen molar-refractivity contribution in [2.45, 2.75) is 25.8 Å². The number of benzene rings is 1. The van der Waals surface area contributed by atoms with E-state index in [1.54, 1.807) is 0 Å². The lowest BCUT2D eigenvalue weighted by Crippen LogP contribution is -2.39. The molecule has 0 spiro atoms. The van der Waals surface area contributed by atoms with Crippen molar-refractivity contribution in [1.29, 1.82) is 0 Å². The van der Waals surface area contributed by atoms with Gasteiger partial charge in [-0.15, -0.1) is 0 Å². The van der Waals surface area contributed by atoms with E-state index in [2.05, 4.69) is 41.2 Å². The topological polar surface area (TPSA) is 47.1 Å². The lowest BCUT2D eigenvalue weighted by Gasteiger charge is -2.31. The molecule has 3 rings (SSSR count). The van der Waals surface area contributed by atoms with Gasteiger partial charge in [0.1, 0.15) is 0 Å². The average molecular weight is 270 g/mol. The van der Waals surface area contributed by atoms with Gasteiger partial charge in [0.05, 0.1) is 17.6 Å². The fraction of sp³-hybridized carbons (Fsp3) is 0.438. The molecule has 0 atom stereocenters. The summed E-state index contributed by atoms with van der Waals surface area (Å²) in [6, 6.07) is 8.96. The second-order valence-electron chi connectivity index (χ2n) is 5.70. The van der Waals surface area contributed by atoms with Gasteiger partial charge in [0.25, 0.3) is 0 Å². The summed E-state index contributed by atoms with van der Waals surface area (Å²) < 4.78 is 1.97. The van der Waals surface area contributed by atoms with Crippen LogP contribution in [-0.4, -0.2) is 28.9 Å². The molecule has 1 aliphatic heterocycles. The SMILES string of the molecule is Cc1cccc(-c2c(N3CCC(N)CC3)cnn2C)c1. The standard InChI is InChI=1S/C16H22N4/c1-12-4-3-5-13(10-12)16-15(11-18-19(16)2)20-8-6-14(17)7-9-20/h3-5,10-11,14H,6-9,17H2,1-2H3. The number of rotatable bonds is 2. The molecule has 0 aliphatic carbocycles. The van der Waals surface area contributed by atoms with E-state index in [0.717, 1.165) is 25.9 Å². The van der Waals surface area contributed by atoms with Crippen molar-refractivity contribution >= 4 is 5.69 Å². The summed E-state index contributed by atoms with van der Waals surface area (Å²) in [5, 5.41) is 4.46. The van der Waals surface area contributed by atoms with Crippen molar-refractivity contribution in [3.63, 3.8) is 0 Å². The number of hydrogen-bond donors (Lipinski definition) is 1. The van der Waals surface area contributed by atoms with Crippen molar-refractivity contribution in [3.8, 4) is 11.3 Å². The lowest BCUT2D eigenvalue weighted by molar-refractivity contribution is 0.501. The van der Waals surface area contributed by atoms with Gasteiger partial charge in [-0.3, -0.25) is 4.68 Å². The van der Waals surface area contributed by atoms with Crippen LogP contribution in [0.2, 0.25) is 0 Å². The van der Waals surface area contributed by atoms with Crippen molar-refractivity contribution in [3.05, 3.63) is 36.0 Å². The second-order valence-corrected chi connectivity index (χ2v) is 5.70. The Labute approximate surface area is 120 Å². The van der Waals surface area contributed by atoms with E-state index >= 15 is 0 Å². The monoisotopic (exact) mass is 270 g/mol. The lowest BCUT2D eigenvalue weighted by atomic mass is 10.0. The van der Waals surface area contributed by atoms with E-state index in [1.807, 2.05) is 17.9 Å². The highest BCUT2D eigenvalue weighted by atomic mass is 15.3. The highest BCUT2D eigenvalue weighted by molar-refractivity contribution is 5.75. The molecule has 1 aromatic heterocycles. The number of hydrogen-bond acceptors (Lipinski definition) is 3. The van der Waals surface area contributed by atoms with Crippen LogP contribution in [-0.2, 0) is 7.05 Å². The molecule has 1 aromatic carbocycles. The molecular weight excluding hydrogens is 248 g/mol. The van der Waals surface area contributed by atoms with Gasteiger partial charge in [-0.05, 0) is 25.8 Å². The summed E-state index contributed by atoms with van der Waals surface area (Å²) in [6.45, 7) is 4.16. The van der Waals surface area contributed by atoms with Crippen LogP contribution in [0.5, 0.6) is 0 Å². The molecule has 1 saturated heterocycles. The van der Waals surface area contributed by atoms with Crippen LogP contribution in [0.15, 0.2) is 30.5 Å². The molecule has 1 aliphatic rings. The zero-order valence-corrected chi connectivity index (χ0v) is 12.2. The predicted octanol–water partition coefficient (Wildman–Crippen LogP) is 2.32. The Balaban J connectivity index is 1.97. The third-order valence-corrected chi connectivity index (χ3v) is 4.09. The molecule has 2 N–H and O–H groups in total. The minimum absolute atomic E-state index is 0.352. The average Bonchev–Trinajstić information content (AvgIpc) is 2.81. The van der Waals surface area contributed by atoms with Crippen LogP contribution in [0.1, 0.15) is 18.4 Å². The summed E-state index contributed by atoms with van der Waals surface area (Å²) in [7, 11) is 2.01. The molecule has 0 saturated carbocycles. The molecule has 4 heteroatoms. The van der Waals surface area contributed by atoms with Gasteiger partial charge in [0.15, 0.2) is 0 Å². The minimum Gasteiger partial charge on any atom is -0.368 e. The van der Waals surface area contributed by atoms with E-state index in [9.17, 15) is 0 Å². The molecule has 0 amide bonds. The normalized spacial score (nSPS) is 16.6. The van der Waals surface area contributed by atoms with E-state index in [-0.39, 0.29) is 0 Å². The van der Waals surface area contributed by atoms with Crippen molar-refractivity contribution in [2.24, 2.45) is 12.8 Å². The van der Waals surface area contributed by atoms with E-state index in [0.29, 0.717) is 6.04 Å². The van der Waals surface area contributed by atoms with Gasteiger partial charge >= 0.3 is 0 Å². The quantitative estimate of drug-likeness (QED) is 0.911.